The van der Waals surface area contributed by atoms with E-state index in [1.165, 1.54) is 9.08 Å². The molecule has 2 aromatic heterocycles. The molecule has 3 rings (SSSR count). The number of ether oxygens (including phenoxy) is 1. The number of amides is 1. The van der Waals surface area contributed by atoms with Crippen LogP contribution in [0, 0.1) is 0 Å². The van der Waals surface area contributed by atoms with E-state index in [0.29, 0.717) is 43.2 Å². The van der Waals surface area contributed by atoms with Crippen LogP contribution in [0.5, 0.6) is 0 Å². The molecule has 2 aromatic rings. The van der Waals surface area contributed by atoms with Gasteiger partial charge in [0.15, 0.2) is 0 Å². The Balaban J connectivity index is 2.01. The van der Waals surface area contributed by atoms with Crippen LogP contribution in [-0.4, -0.2) is 75.6 Å². The van der Waals surface area contributed by atoms with E-state index in [0.717, 1.165) is 6.26 Å². The van der Waals surface area contributed by atoms with E-state index in [1.807, 2.05) is 39.5 Å². The summed E-state index contributed by atoms with van der Waals surface area (Å²) in [7, 11) is -2.08. The quantitative estimate of drug-likeness (QED) is 0.544. The first-order chi connectivity index (χ1) is 15.7. The van der Waals surface area contributed by atoms with E-state index >= 15 is 0 Å². The lowest BCUT2D eigenvalue weighted by Crippen LogP contribution is -2.61. The van der Waals surface area contributed by atoms with Crippen LogP contribution in [0.3, 0.4) is 0 Å². The summed E-state index contributed by atoms with van der Waals surface area (Å²) in [6, 6.07) is 1.33. The molecule has 190 valence electrons. The van der Waals surface area contributed by atoms with Gasteiger partial charge in [0.2, 0.25) is 5.95 Å². The number of hydrogen-bond donors (Lipinski definition) is 0. The van der Waals surface area contributed by atoms with Crippen LogP contribution in [0.15, 0.2) is 10.9 Å². The molecule has 13 heteroatoms. The number of rotatable bonds is 6. The zero-order valence-electron chi connectivity index (χ0n) is 20.8. The maximum atomic E-state index is 12.9. The van der Waals surface area contributed by atoms with Crippen LogP contribution >= 0.6 is 0 Å². The van der Waals surface area contributed by atoms with Crippen molar-refractivity contribution >= 4 is 27.8 Å². The Morgan fingerprint density at radius 3 is 2.38 bits per heavy atom. The Hall–Kier alpha value is -2.67. The highest BCUT2D eigenvalue weighted by molar-refractivity contribution is 7.85. The van der Waals surface area contributed by atoms with E-state index in [2.05, 4.69) is 10.1 Å². The number of carbonyl (C=O) groups is 1. The minimum Gasteiger partial charge on any atom is -0.444 e. The lowest BCUT2D eigenvalue weighted by atomic mass is 10.0. The molecule has 3 heterocycles. The summed E-state index contributed by atoms with van der Waals surface area (Å²) in [5, 5.41) is 4.47. The predicted molar refractivity (Wildman–Crippen MR) is 126 cm³/mol. The summed E-state index contributed by atoms with van der Waals surface area (Å²) in [6.45, 7) is 10.1. The molecule has 0 bridgehead atoms. The van der Waals surface area contributed by atoms with Crippen LogP contribution in [0.2, 0.25) is 0 Å². The van der Waals surface area contributed by atoms with Crippen molar-refractivity contribution in [1.82, 2.24) is 24.1 Å². The summed E-state index contributed by atoms with van der Waals surface area (Å²) in [5.41, 5.74) is -0.259. The number of anilines is 1. The molecule has 1 fully saturated rings. The highest BCUT2D eigenvalue weighted by Gasteiger charge is 2.38. The van der Waals surface area contributed by atoms with E-state index in [1.54, 1.807) is 18.0 Å². The second kappa shape index (κ2) is 9.53. The van der Waals surface area contributed by atoms with E-state index < -0.39 is 21.4 Å². The molecule has 0 unspecified atom stereocenters. The molecule has 1 aliphatic heterocycles. The normalized spacial score (nSPS) is 19.6. The maximum absolute atomic E-state index is 12.9. The fourth-order valence-electron chi connectivity index (χ4n) is 3.97. The smallest absolute Gasteiger partial charge is 0.410 e. The van der Waals surface area contributed by atoms with Crippen molar-refractivity contribution < 1.29 is 22.1 Å². The van der Waals surface area contributed by atoms with Crippen molar-refractivity contribution in [3.8, 4) is 0 Å². The van der Waals surface area contributed by atoms with Gasteiger partial charge in [-0.1, -0.05) is 13.8 Å². The predicted octanol–water partition coefficient (Wildman–Crippen LogP) is 1.52. The van der Waals surface area contributed by atoms with Gasteiger partial charge < -0.3 is 14.5 Å². The fourth-order valence-corrected chi connectivity index (χ4v) is 4.31. The Morgan fingerprint density at radius 2 is 1.82 bits per heavy atom. The van der Waals surface area contributed by atoms with Crippen molar-refractivity contribution in [1.29, 1.82) is 0 Å². The Labute approximate surface area is 199 Å². The molecular formula is C21H34N6O6S. The minimum absolute atomic E-state index is 0.127. The minimum atomic E-state index is -3.65. The third-order valence-electron chi connectivity index (χ3n) is 5.70. The first-order valence-corrected chi connectivity index (χ1v) is 13.1. The van der Waals surface area contributed by atoms with Gasteiger partial charge in [0.25, 0.3) is 10.1 Å². The number of nitrogens with zero attached hydrogens (tertiary/aromatic N) is 6. The number of aromatic nitrogens is 4. The van der Waals surface area contributed by atoms with Crippen LogP contribution in [-0.2, 0) is 32.7 Å². The van der Waals surface area contributed by atoms with Gasteiger partial charge in [0.05, 0.1) is 18.0 Å². The monoisotopic (exact) mass is 498 g/mol. The average Bonchev–Trinajstić information content (AvgIpc) is 3.17. The lowest BCUT2D eigenvalue weighted by Gasteiger charge is -2.46. The Morgan fingerprint density at radius 1 is 1.18 bits per heavy atom. The number of carbonyl (C=O) groups excluding carboxylic acids is 1. The van der Waals surface area contributed by atoms with Crippen molar-refractivity contribution in [2.75, 3.05) is 24.2 Å². The van der Waals surface area contributed by atoms with Crippen LogP contribution in [0.1, 0.15) is 53.2 Å². The highest BCUT2D eigenvalue weighted by Crippen LogP contribution is 2.26. The Kier molecular flexibility index (Phi) is 7.27. The van der Waals surface area contributed by atoms with Gasteiger partial charge in [-0.15, -0.1) is 0 Å². The first kappa shape index (κ1) is 25.9. The highest BCUT2D eigenvalue weighted by atomic mass is 32.2. The van der Waals surface area contributed by atoms with Gasteiger partial charge >= 0.3 is 11.8 Å². The molecule has 2 atom stereocenters. The van der Waals surface area contributed by atoms with Crippen molar-refractivity contribution in [3.05, 3.63) is 22.2 Å². The lowest BCUT2D eigenvalue weighted by molar-refractivity contribution is 0.00970. The number of hydrogen-bond acceptors (Lipinski definition) is 9. The zero-order chi connectivity index (χ0) is 25.4. The second-order valence-electron chi connectivity index (χ2n) is 9.53. The molecule has 34 heavy (non-hydrogen) atoms. The number of fused-ring (bicyclic) bond motifs is 1. The number of aryl methyl sites for hydroxylation is 1. The molecule has 1 amide bonds. The van der Waals surface area contributed by atoms with Crippen LogP contribution in [0.4, 0.5) is 10.7 Å². The third-order valence-corrected chi connectivity index (χ3v) is 6.25. The van der Waals surface area contributed by atoms with Crippen molar-refractivity contribution in [3.63, 3.8) is 0 Å². The third kappa shape index (κ3) is 5.69. The molecule has 0 radical (unpaired) electrons. The van der Waals surface area contributed by atoms with Crippen LogP contribution < -0.4 is 10.6 Å². The molecule has 0 aliphatic carbocycles. The topological polar surface area (TPSA) is 128 Å². The summed E-state index contributed by atoms with van der Waals surface area (Å²) in [5.74, 6) is 0.345. The van der Waals surface area contributed by atoms with Gasteiger partial charge in [-0.3, -0.25) is 8.75 Å². The van der Waals surface area contributed by atoms with Crippen molar-refractivity contribution in [2.24, 2.45) is 7.05 Å². The molecule has 12 nitrogen and oxygen atoms in total. The fraction of sp³-hybridized carbons (Fsp3) is 0.714. The summed E-state index contributed by atoms with van der Waals surface area (Å²) >= 11 is 0. The van der Waals surface area contributed by atoms with Crippen LogP contribution in [0.25, 0.3) is 5.65 Å². The van der Waals surface area contributed by atoms with E-state index in [9.17, 15) is 18.0 Å². The van der Waals surface area contributed by atoms with Gasteiger partial charge in [-0.2, -0.15) is 23.0 Å². The van der Waals surface area contributed by atoms with Gasteiger partial charge in [-0.05, 0) is 33.6 Å². The SMILES string of the molecule is CC[C@@H]1CN(c2nc(=O)n(C)c3cc(COS(C)(=O)=O)nn23)[C@@H](CC)CN1C(=O)OC(C)(C)C. The zero-order valence-corrected chi connectivity index (χ0v) is 21.6. The largest absolute Gasteiger partial charge is 0.444 e. The first-order valence-electron chi connectivity index (χ1n) is 11.3. The number of piperazine rings is 1. The molecule has 0 aromatic carbocycles. The average molecular weight is 499 g/mol. The van der Waals surface area contributed by atoms with E-state index in [-0.39, 0.29) is 24.8 Å². The van der Waals surface area contributed by atoms with Crippen molar-refractivity contribution in [2.45, 2.75) is 71.8 Å². The standard InChI is InChI=1S/C21H34N6O6S/c1-8-15-12-26(20(29)33-21(3,4)5)16(9-2)11-25(15)18-22-19(28)24(6)17-10-14(23-27(17)18)13-32-34(7,30)31/h10,15-16H,8-9,11-13H2,1-7H3/t15-,16+/m0/s1. The molecule has 1 aliphatic rings. The van der Waals surface area contributed by atoms with Gasteiger partial charge in [0.1, 0.15) is 17.9 Å². The second-order valence-corrected chi connectivity index (χ2v) is 11.2. The summed E-state index contributed by atoms with van der Waals surface area (Å²) in [4.78, 5) is 33.6. The summed E-state index contributed by atoms with van der Waals surface area (Å²) < 4.78 is 36.2. The van der Waals surface area contributed by atoms with Gasteiger partial charge in [-0.25, -0.2) is 9.59 Å². The molecule has 1 saturated heterocycles. The summed E-state index contributed by atoms with van der Waals surface area (Å²) in [6.07, 6.45) is 1.98. The van der Waals surface area contributed by atoms with Gasteiger partial charge in [0, 0.05) is 32.2 Å². The molecule has 0 saturated carbocycles. The molecule has 0 N–H and O–H groups in total. The molecule has 0 spiro atoms. The Bertz CT molecular complexity index is 1210. The molecular weight excluding hydrogens is 464 g/mol. The maximum Gasteiger partial charge on any atom is 0.410 e. The van der Waals surface area contributed by atoms with E-state index in [4.69, 9.17) is 8.92 Å².